The van der Waals surface area contributed by atoms with Gasteiger partial charge in [-0.25, -0.2) is 4.98 Å². The Labute approximate surface area is 103 Å². The highest BCUT2D eigenvalue weighted by Gasteiger charge is 2.12. The first-order valence-electron chi connectivity index (χ1n) is 5.00. The van der Waals surface area contributed by atoms with Crippen molar-refractivity contribution < 1.29 is 5.11 Å². The van der Waals surface area contributed by atoms with Crippen LogP contribution < -0.4 is 0 Å². The lowest BCUT2D eigenvalue weighted by Crippen LogP contribution is -1.92. The molecule has 4 nitrogen and oxygen atoms in total. The van der Waals surface area contributed by atoms with Crippen LogP contribution in [-0.4, -0.2) is 21.0 Å². The van der Waals surface area contributed by atoms with Gasteiger partial charge in [0.1, 0.15) is 17.4 Å². The molecule has 0 unspecified atom stereocenters. The zero-order valence-corrected chi connectivity index (χ0v) is 9.91. The van der Waals surface area contributed by atoms with E-state index >= 15 is 0 Å². The number of benzene rings is 1. The van der Waals surface area contributed by atoms with Crippen molar-refractivity contribution in [3.8, 4) is 6.07 Å². The highest BCUT2D eigenvalue weighted by atomic mass is 35.5. The highest BCUT2D eigenvalue weighted by Crippen LogP contribution is 2.19. The summed E-state index contributed by atoms with van der Waals surface area (Å²) in [5, 5.41) is 18.5. The molecule has 5 heteroatoms. The van der Waals surface area contributed by atoms with Crippen molar-refractivity contribution in [3.05, 3.63) is 35.3 Å². The van der Waals surface area contributed by atoms with Gasteiger partial charge in [0.15, 0.2) is 5.82 Å². The van der Waals surface area contributed by atoms with Crippen molar-refractivity contribution in [2.75, 3.05) is 5.88 Å². The minimum atomic E-state index is -0.176. The molecular weight excluding hydrogens is 238 g/mol. The fourth-order valence-electron chi connectivity index (χ4n) is 1.56. The number of aliphatic hydroxyl groups is 1. The first kappa shape index (κ1) is 11.5. The lowest BCUT2D eigenvalue weighted by molar-refractivity contribution is 0.419. The van der Waals surface area contributed by atoms with E-state index in [2.05, 4.69) is 9.97 Å². The predicted molar refractivity (Wildman–Crippen MR) is 66.7 cm³/mol. The Morgan fingerprint density at radius 1 is 1.59 bits per heavy atom. The van der Waals surface area contributed by atoms with E-state index in [0.29, 0.717) is 5.82 Å². The van der Waals surface area contributed by atoms with Gasteiger partial charge in [-0.1, -0.05) is 6.07 Å². The van der Waals surface area contributed by atoms with Gasteiger partial charge in [-0.3, -0.25) is 0 Å². The Morgan fingerprint density at radius 3 is 3.00 bits per heavy atom. The van der Waals surface area contributed by atoms with Gasteiger partial charge in [-0.05, 0) is 24.6 Å². The summed E-state index contributed by atoms with van der Waals surface area (Å²) in [5.41, 5.74) is 2.75. The van der Waals surface area contributed by atoms with E-state index in [0.717, 1.165) is 16.6 Å². The minimum absolute atomic E-state index is 0.0776. The number of fused-ring (bicyclic) bond motifs is 1. The molecule has 0 saturated heterocycles. The van der Waals surface area contributed by atoms with Crippen molar-refractivity contribution in [1.29, 1.82) is 5.26 Å². The van der Waals surface area contributed by atoms with Crippen molar-refractivity contribution in [2.24, 2.45) is 0 Å². The molecule has 0 aliphatic heterocycles. The van der Waals surface area contributed by atoms with Gasteiger partial charge in [0.05, 0.1) is 16.9 Å². The SMILES string of the molecule is Cc1ccc2nc(/C(C#N)=C(\O)CCl)[nH]c2c1. The molecule has 2 N–H and O–H groups in total. The number of imidazole rings is 1. The number of hydrogen-bond donors (Lipinski definition) is 2. The first-order valence-corrected chi connectivity index (χ1v) is 5.54. The lowest BCUT2D eigenvalue weighted by Gasteiger charge is -1.96. The van der Waals surface area contributed by atoms with Crippen molar-refractivity contribution >= 4 is 28.2 Å². The topological polar surface area (TPSA) is 72.7 Å². The first-order chi connectivity index (χ1) is 8.15. The molecule has 0 amide bonds. The smallest absolute Gasteiger partial charge is 0.152 e. The number of nitrogens with one attached hydrogen (secondary N) is 1. The van der Waals surface area contributed by atoms with E-state index in [1.54, 1.807) is 0 Å². The third kappa shape index (κ3) is 2.10. The normalized spacial score (nSPS) is 12.3. The standard InChI is InChI=1S/C12H10ClN3O/c1-7-2-3-9-10(4-7)16-12(15-9)8(6-14)11(17)5-13/h2-4,17H,5H2,1H3,(H,15,16)/b11-8-. The Kier molecular flexibility index (Phi) is 3.03. The molecule has 0 aliphatic rings. The molecule has 0 spiro atoms. The molecule has 0 saturated carbocycles. The monoisotopic (exact) mass is 247 g/mol. The fraction of sp³-hybridized carbons (Fsp3) is 0.167. The quantitative estimate of drug-likeness (QED) is 0.487. The van der Waals surface area contributed by atoms with E-state index in [4.69, 9.17) is 16.9 Å². The van der Waals surface area contributed by atoms with Gasteiger partial charge in [0, 0.05) is 0 Å². The third-order valence-electron chi connectivity index (χ3n) is 2.40. The van der Waals surface area contributed by atoms with Crippen LogP contribution in [0, 0.1) is 18.3 Å². The molecular formula is C12H10ClN3O. The van der Waals surface area contributed by atoms with Crippen LogP contribution in [-0.2, 0) is 0 Å². The maximum Gasteiger partial charge on any atom is 0.152 e. The van der Waals surface area contributed by atoms with Gasteiger partial charge in [0.25, 0.3) is 0 Å². The molecule has 0 aliphatic carbocycles. The van der Waals surface area contributed by atoms with Crippen LogP contribution in [0.4, 0.5) is 0 Å². The zero-order valence-electron chi connectivity index (χ0n) is 9.16. The third-order valence-corrected chi connectivity index (χ3v) is 2.65. The minimum Gasteiger partial charge on any atom is -0.510 e. The molecule has 17 heavy (non-hydrogen) atoms. The second kappa shape index (κ2) is 4.48. The van der Waals surface area contributed by atoms with Crippen LogP contribution in [0.5, 0.6) is 0 Å². The highest BCUT2D eigenvalue weighted by molar-refractivity contribution is 6.19. The number of hydrogen-bond acceptors (Lipinski definition) is 3. The Hall–Kier alpha value is -1.99. The summed E-state index contributed by atoms with van der Waals surface area (Å²) in [6, 6.07) is 7.62. The van der Waals surface area contributed by atoms with Gasteiger partial charge < -0.3 is 10.1 Å². The number of nitriles is 1. The van der Waals surface area contributed by atoms with E-state index in [1.165, 1.54) is 0 Å². The van der Waals surface area contributed by atoms with Crippen LogP contribution >= 0.6 is 11.6 Å². The second-order valence-corrected chi connectivity index (χ2v) is 3.94. The maximum atomic E-state index is 9.52. The largest absolute Gasteiger partial charge is 0.510 e. The average molecular weight is 248 g/mol. The molecule has 1 heterocycles. The summed E-state index contributed by atoms with van der Waals surface area (Å²) in [6.07, 6.45) is 0. The number of allylic oxidation sites excluding steroid dienone is 2. The molecule has 0 radical (unpaired) electrons. The summed E-state index contributed by atoms with van der Waals surface area (Å²) in [4.78, 5) is 7.23. The van der Waals surface area contributed by atoms with Crippen molar-refractivity contribution in [3.63, 3.8) is 0 Å². The number of halogens is 1. The lowest BCUT2D eigenvalue weighted by atomic mass is 10.2. The molecule has 0 bridgehead atoms. The fourth-order valence-corrected chi connectivity index (χ4v) is 1.70. The van der Waals surface area contributed by atoms with Crippen molar-refractivity contribution in [1.82, 2.24) is 9.97 Å². The van der Waals surface area contributed by atoms with Crippen LogP contribution in [0.1, 0.15) is 11.4 Å². The number of aryl methyl sites for hydroxylation is 1. The predicted octanol–water partition coefficient (Wildman–Crippen LogP) is 2.90. The molecule has 1 aromatic heterocycles. The van der Waals surface area contributed by atoms with Crippen LogP contribution in [0.3, 0.4) is 0 Å². The number of aromatic nitrogens is 2. The number of H-pyrrole nitrogens is 1. The molecule has 1 aromatic carbocycles. The summed E-state index contributed by atoms with van der Waals surface area (Å²) in [5.74, 6) is 0.0510. The average Bonchev–Trinajstić information content (AvgIpc) is 2.72. The van der Waals surface area contributed by atoms with Gasteiger partial charge in [0.2, 0.25) is 0 Å². The summed E-state index contributed by atoms with van der Waals surface area (Å²) in [7, 11) is 0. The van der Waals surface area contributed by atoms with Crippen molar-refractivity contribution in [2.45, 2.75) is 6.92 Å². The van der Waals surface area contributed by atoms with Crippen LogP contribution in [0.2, 0.25) is 0 Å². The van der Waals surface area contributed by atoms with E-state index in [-0.39, 0.29) is 17.2 Å². The van der Waals surface area contributed by atoms with Gasteiger partial charge in [-0.15, -0.1) is 11.6 Å². The Balaban J connectivity index is 2.61. The van der Waals surface area contributed by atoms with Gasteiger partial charge >= 0.3 is 0 Å². The summed E-state index contributed by atoms with van der Waals surface area (Å²) >= 11 is 5.50. The molecule has 2 rings (SSSR count). The molecule has 2 aromatic rings. The maximum absolute atomic E-state index is 9.52. The second-order valence-electron chi connectivity index (χ2n) is 3.67. The Morgan fingerprint density at radius 2 is 2.35 bits per heavy atom. The Bertz CT molecular complexity index is 637. The van der Waals surface area contributed by atoms with Gasteiger partial charge in [-0.2, -0.15) is 5.26 Å². The van der Waals surface area contributed by atoms with Crippen LogP contribution in [0.15, 0.2) is 24.0 Å². The summed E-state index contributed by atoms with van der Waals surface area (Å²) < 4.78 is 0. The van der Waals surface area contributed by atoms with E-state index in [9.17, 15) is 5.11 Å². The number of aliphatic hydroxyl groups excluding tert-OH is 1. The molecule has 0 fully saturated rings. The number of alkyl halides is 1. The van der Waals surface area contributed by atoms with E-state index in [1.807, 2.05) is 31.2 Å². The molecule has 86 valence electrons. The number of aromatic amines is 1. The van der Waals surface area contributed by atoms with Crippen LogP contribution in [0.25, 0.3) is 16.6 Å². The number of nitrogens with zero attached hydrogens (tertiary/aromatic N) is 2. The summed E-state index contributed by atoms with van der Waals surface area (Å²) in [6.45, 7) is 1.97. The zero-order chi connectivity index (χ0) is 12.4. The van der Waals surface area contributed by atoms with E-state index < -0.39 is 0 Å². The number of rotatable bonds is 2. The molecule has 0 atom stereocenters.